The Hall–Kier alpha value is -1.06. The number of ether oxygens (including phenoxy) is 3. The maximum Gasteiger partial charge on any atom is 0.191 e. The summed E-state index contributed by atoms with van der Waals surface area (Å²) >= 11 is 0. The van der Waals surface area contributed by atoms with Crippen LogP contribution < -0.4 is 15.4 Å². The predicted octanol–water partition coefficient (Wildman–Crippen LogP) is 4.04. The summed E-state index contributed by atoms with van der Waals surface area (Å²) in [5.41, 5.74) is 2.67. The van der Waals surface area contributed by atoms with Gasteiger partial charge in [0.05, 0.1) is 12.7 Å². The van der Waals surface area contributed by atoms with Crippen LogP contribution >= 0.6 is 24.0 Å². The van der Waals surface area contributed by atoms with E-state index in [-0.39, 0.29) is 24.0 Å². The molecule has 1 heterocycles. The highest BCUT2D eigenvalue weighted by atomic mass is 127. The summed E-state index contributed by atoms with van der Waals surface area (Å²) in [7, 11) is 3.58. The van der Waals surface area contributed by atoms with E-state index in [0.717, 1.165) is 30.3 Å². The van der Waals surface area contributed by atoms with Gasteiger partial charge >= 0.3 is 0 Å². The average molecular weight is 543 g/mol. The summed E-state index contributed by atoms with van der Waals surface area (Å²) in [5, 5.41) is 7.30. The van der Waals surface area contributed by atoms with Crippen LogP contribution in [0.15, 0.2) is 23.2 Å². The highest BCUT2D eigenvalue weighted by Crippen LogP contribution is 2.60. The van der Waals surface area contributed by atoms with Crippen molar-refractivity contribution in [1.29, 1.82) is 0 Å². The van der Waals surface area contributed by atoms with Crippen LogP contribution in [-0.4, -0.2) is 52.1 Å². The van der Waals surface area contributed by atoms with Crippen LogP contribution in [0.25, 0.3) is 0 Å². The summed E-state index contributed by atoms with van der Waals surface area (Å²) in [6, 6.07) is 6.86. The largest absolute Gasteiger partial charge is 0.493 e. The Labute approximate surface area is 203 Å². The lowest BCUT2D eigenvalue weighted by atomic mass is 9.54. The predicted molar refractivity (Wildman–Crippen MR) is 134 cm³/mol. The lowest BCUT2D eigenvalue weighted by Gasteiger charge is -2.57. The van der Waals surface area contributed by atoms with Crippen LogP contribution in [0.5, 0.6) is 5.75 Å². The molecule has 2 N–H and O–H groups in total. The Morgan fingerprint density at radius 2 is 2.06 bits per heavy atom. The first kappa shape index (κ1) is 24.6. The van der Waals surface area contributed by atoms with E-state index < -0.39 is 0 Å². The standard InChI is InChI=1S/C24H37N3O3.HI/c1-17-7-8-18(20(15-17)29-13-6-12-28-3)16-26-23(25-2)27-21-19-9-14-30-22(19)24(21)10-4-5-11-24;/h7-8,15,19,21-22H,4-6,9-14,16H2,1-3H3,(H2,25,26,27);1H. The highest BCUT2D eigenvalue weighted by Gasteiger charge is 2.65. The van der Waals surface area contributed by atoms with Gasteiger partial charge in [-0.3, -0.25) is 4.99 Å². The Kier molecular flexibility index (Phi) is 8.87. The SMILES string of the molecule is CN=C(NCc1ccc(C)cc1OCCCOC)NC1C2CCOC2C12CCCC2.I. The molecular formula is C24H38IN3O3. The molecule has 4 rings (SSSR count). The summed E-state index contributed by atoms with van der Waals surface area (Å²) in [6.45, 7) is 5.06. The van der Waals surface area contributed by atoms with Crippen molar-refractivity contribution < 1.29 is 14.2 Å². The molecule has 6 nitrogen and oxygen atoms in total. The van der Waals surface area contributed by atoms with E-state index in [9.17, 15) is 0 Å². The molecule has 0 bridgehead atoms. The number of hydrogen-bond acceptors (Lipinski definition) is 4. The minimum atomic E-state index is 0. The number of guanidine groups is 1. The van der Waals surface area contributed by atoms with Gasteiger partial charge in [-0.25, -0.2) is 0 Å². The zero-order valence-corrected chi connectivity index (χ0v) is 21.4. The maximum atomic E-state index is 6.12. The van der Waals surface area contributed by atoms with E-state index in [1.54, 1.807) is 7.11 Å². The van der Waals surface area contributed by atoms with Gasteiger partial charge in [-0.15, -0.1) is 24.0 Å². The fourth-order valence-electron chi connectivity index (χ4n) is 5.75. The molecule has 2 saturated carbocycles. The number of aliphatic imine (C=N–C) groups is 1. The summed E-state index contributed by atoms with van der Waals surface area (Å²) < 4.78 is 17.3. The summed E-state index contributed by atoms with van der Waals surface area (Å²) in [6.07, 6.45) is 7.71. The normalized spacial score (nSPS) is 26.2. The second-order valence-corrected chi connectivity index (χ2v) is 9.04. The molecule has 0 radical (unpaired) electrons. The molecule has 3 unspecified atom stereocenters. The third-order valence-corrected chi connectivity index (χ3v) is 7.22. The minimum absolute atomic E-state index is 0. The lowest BCUT2D eigenvalue weighted by molar-refractivity contribution is -0.125. The van der Waals surface area contributed by atoms with E-state index in [0.29, 0.717) is 43.2 Å². The lowest BCUT2D eigenvalue weighted by Crippen LogP contribution is -2.69. The Balaban J connectivity index is 0.00000272. The van der Waals surface area contributed by atoms with Gasteiger partial charge in [0.2, 0.25) is 0 Å². The molecule has 0 amide bonds. The van der Waals surface area contributed by atoms with Crippen LogP contribution in [0, 0.1) is 18.3 Å². The van der Waals surface area contributed by atoms with Crippen LogP contribution in [0.3, 0.4) is 0 Å². The monoisotopic (exact) mass is 543 g/mol. The molecule has 2 aliphatic carbocycles. The summed E-state index contributed by atoms with van der Waals surface area (Å²) in [5.74, 6) is 2.44. The van der Waals surface area contributed by atoms with E-state index >= 15 is 0 Å². The third kappa shape index (κ3) is 5.14. The number of fused-ring (bicyclic) bond motifs is 2. The maximum absolute atomic E-state index is 6.12. The molecular weight excluding hydrogens is 505 g/mol. The topological polar surface area (TPSA) is 64.1 Å². The number of nitrogens with zero attached hydrogens (tertiary/aromatic N) is 1. The Bertz CT molecular complexity index is 752. The number of benzene rings is 1. The van der Waals surface area contributed by atoms with Gasteiger partial charge in [0.25, 0.3) is 0 Å². The number of nitrogens with one attached hydrogen (secondary N) is 2. The summed E-state index contributed by atoms with van der Waals surface area (Å²) in [4.78, 5) is 4.52. The Morgan fingerprint density at radius 3 is 2.81 bits per heavy atom. The van der Waals surface area contributed by atoms with Gasteiger partial charge in [-0.05, 0) is 37.8 Å². The molecule has 1 aromatic rings. The van der Waals surface area contributed by atoms with Gasteiger partial charge in [0.15, 0.2) is 5.96 Å². The van der Waals surface area contributed by atoms with E-state index in [4.69, 9.17) is 14.2 Å². The van der Waals surface area contributed by atoms with Crippen molar-refractivity contribution in [1.82, 2.24) is 10.6 Å². The van der Waals surface area contributed by atoms with Crippen molar-refractivity contribution in [3.05, 3.63) is 29.3 Å². The fourth-order valence-corrected chi connectivity index (χ4v) is 5.75. The molecule has 1 saturated heterocycles. The number of methoxy groups -OCH3 is 1. The van der Waals surface area contributed by atoms with Gasteiger partial charge in [0.1, 0.15) is 5.75 Å². The molecule has 31 heavy (non-hydrogen) atoms. The zero-order valence-electron chi connectivity index (χ0n) is 19.1. The van der Waals surface area contributed by atoms with Crippen LogP contribution in [0.2, 0.25) is 0 Å². The van der Waals surface area contributed by atoms with Gasteiger partial charge in [0, 0.05) is 63.3 Å². The smallest absolute Gasteiger partial charge is 0.191 e. The van der Waals surface area contributed by atoms with Crippen molar-refractivity contribution >= 4 is 29.9 Å². The molecule has 3 atom stereocenters. The van der Waals surface area contributed by atoms with Crippen molar-refractivity contribution in [3.63, 3.8) is 0 Å². The second kappa shape index (κ2) is 11.2. The molecule has 1 spiro atoms. The van der Waals surface area contributed by atoms with E-state index in [2.05, 4.69) is 40.7 Å². The fraction of sp³-hybridized carbons (Fsp3) is 0.708. The van der Waals surface area contributed by atoms with Crippen molar-refractivity contribution in [2.75, 3.05) is 34.0 Å². The third-order valence-electron chi connectivity index (χ3n) is 7.22. The quantitative estimate of drug-likeness (QED) is 0.224. The van der Waals surface area contributed by atoms with Gasteiger partial charge in [-0.1, -0.05) is 25.0 Å². The highest BCUT2D eigenvalue weighted by molar-refractivity contribution is 14.0. The van der Waals surface area contributed by atoms with E-state index in [1.807, 2.05) is 7.05 Å². The second-order valence-electron chi connectivity index (χ2n) is 9.04. The molecule has 3 fully saturated rings. The first-order chi connectivity index (χ1) is 14.7. The van der Waals surface area contributed by atoms with Crippen LogP contribution in [0.4, 0.5) is 0 Å². The molecule has 3 aliphatic rings. The Morgan fingerprint density at radius 1 is 1.26 bits per heavy atom. The molecule has 174 valence electrons. The minimum Gasteiger partial charge on any atom is -0.493 e. The van der Waals surface area contributed by atoms with Crippen LogP contribution in [0.1, 0.15) is 49.7 Å². The first-order valence-electron chi connectivity index (χ1n) is 11.5. The van der Waals surface area contributed by atoms with Gasteiger partial charge in [-0.2, -0.15) is 0 Å². The van der Waals surface area contributed by atoms with Crippen molar-refractivity contribution in [3.8, 4) is 5.75 Å². The van der Waals surface area contributed by atoms with Gasteiger partial charge < -0.3 is 24.8 Å². The first-order valence-corrected chi connectivity index (χ1v) is 11.5. The van der Waals surface area contributed by atoms with Crippen molar-refractivity contribution in [2.45, 2.75) is 64.1 Å². The number of aryl methyl sites for hydroxylation is 1. The van der Waals surface area contributed by atoms with Crippen LogP contribution in [-0.2, 0) is 16.0 Å². The zero-order chi connectivity index (χ0) is 21.0. The van der Waals surface area contributed by atoms with E-state index in [1.165, 1.54) is 37.7 Å². The van der Waals surface area contributed by atoms with Crippen molar-refractivity contribution in [2.24, 2.45) is 16.3 Å². The number of rotatable bonds is 8. The number of halogens is 1. The average Bonchev–Trinajstić information content (AvgIpc) is 3.41. The molecule has 0 aromatic heterocycles. The number of hydrogen-bond donors (Lipinski definition) is 2. The molecule has 1 aliphatic heterocycles. The molecule has 7 heteroatoms. The molecule has 1 aromatic carbocycles.